The Morgan fingerprint density at radius 1 is 1.09 bits per heavy atom. The van der Waals surface area contributed by atoms with E-state index >= 15 is 0 Å². The first kappa shape index (κ1) is 32.3. The van der Waals surface area contributed by atoms with Gasteiger partial charge in [-0.3, -0.25) is 19.4 Å². The number of thiazole rings is 1. The molecule has 4 heterocycles. The second kappa shape index (κ2) is 13.9. The summed E-state index contributed by atoms with van der Waals surface area (Å²) < 4.78 is 45.8. The minimum atomic E-state index is -4.56. The third-order valence-electron chi connectivity index (χ3n) is 7.87. The van der Waals surface area contributed by atoms with Gasteiger partial charge in [0.2, 0.25) is 0 Å². The van der Waals surface area contributed by atoms with Gasteiger partial charge in [-0.2, -0.15) is 13.2 Å². The highest BCUT2D eigenvalue weighted by atomic mass is 35.5. The zero-order valence-electron chi connectivity index (χ0n) is 24.6. The Bertz CT molecular complexity index is 1480. The van der Waals surface area contributed by atoms with Crippen molar-refractivity contribution in [1.29, 1.82) is 0 Å². The van der Waals surface area contributed by atoms with Gasteiger partial charge in [-0.15, -0.1) is 11.3 Å². The highest BCUT2D eigenvalue weighted by Crippen LogP contribution is 2.38. The lowest BCUT2D eigenvalue weighted by molar-refractivity contribution is -0.144. The summed E-state index contributed by atoms with van der Waals surface area (Å²) in [6, 6.07) is 3.78. The Hall–Kier alpha value is -3.13. The van der Waals surface area contributed by atoms with Gasteiger partial charge in [-0.05, 0) is 51.4 Å². The summed E-state index contributed by atoms with van der Waals surface area (Å²) in [5.74, 6) is 0.108. The van der Waals surface area contributed by atoms with Crippen LogP contribution in [0.2, 0.25) is 5.02 Å². The summed E-state index contributed by atoms with van der Waals surface area (Å²) in [6.07, 6.45) is 0.489. The number of Topliss-reactive ketones (excluding diaryl/α,β-unsaturated/α-hetero) is 1. The second-order valence-corrected chi connectivity index (χ2v) is 12.6. The third-order valence-corrected chi connectivity index (χ3v) is 9.13. The van der Waals surface area contributed by atoms with Crippen molar-refractivity contribution in [3.8, 4) is 11.3 Å². The number of carbonyl (C=O) groups is 2. The van der Waals surface area contributed by atoms with Crippen LogP contribution >= 0.6 is 22.9 Å². The fraction of sp³-hybridized carbons (Fsp3) is 0.500. The number of rotatable bonds is 10. The number of likely N-dealkylation sites (tertiary alicyclic amines) is 1. The summed E-state index contributed by atoms with van der Waals surface area (Å²) in [7, 11) is 0. The zero-order valence-corrected chi connectivity index (χ0v) is 26.1. The average molecular weight is 651 g/mol. The highest BCUT2D eigenvalue weighted by molar-refractivity contribution is 7.12. The molecule has 2 aliphatic heterocycles. The second-order valence-electron chi connectivity index (χ2n) is 11.0. The lowest BCUT2D eigenvalue weighted by Crippen LogP contribution is -2.48. The van der Waals surface area contributed by atoms with Crippen LogP contribution < -0.4 is 4.90 Å². The maximum atomic E-state index is 13.6. The molecular formula is C30H34ClF3N6O3S. The van der Waals surface area contributed by atoms with Gasteiger partial charge >= 0.3 is 12.1 Å². The Labute approximate surface area is 263 Å². The first-order valence-electron chi connectivity index (χ1n) is 14.6. The summed E-state index contributed by atoms with van der Waals surface area (Å²) in [5.41, 5.74) is 0.0201. The molecule has 2 fully saturated rings. The Morgan fingerprint density at radius 3 is 2.50 bits per heavy atom. The number of aromatic nitrogens is 3. The van der Waals surface area contributed by atoms with Gasteiger partial charge in [-0.25, -0.2) is 15.0 Å². The number of halogens is 4. The number of carbonyl (C=O) groups excluding carboxylic acids is 2. The summed E-state index contributed by atoms with van der Waals surface area (Å²) in [4.78, 5) is 45.6. The van der Waals surface area contributed by atoms with Crippen LogP contribution in [0.4, 0.5) is 19.0 Å². The molecule has 0 unspecified atom stereocenters. The molecule has 0 amide bonds. The quantitative estimate of drug-likeness (QED) is 0.212. The van der Waals surface area contributed by atoms with E-state index < -0.39 is 11.7 Å². The molecule has 9 nitrogen and oxygen atoms in total. The average Bonchev–Trinajstić information content (AvgIpc) is 3.58. The van der Waals surface area contributed by atoms with E-state index in [1.807, 2.05) is 9.80 Å². The molecule has 2 saturated heterocycles. The molecule has 1 atom stereocenters. The molecule has 5 rings (SSSR count). The van der Waals surface area contributed by atoms with Gasteiger partial charge in [-0.1, -0.05) is 11.6 Å². The Morgan fingerprint density at radius 2 is 1.86 bits per heavy atom. The number of anilines is 1. The summed E-state index contributed by atoms with van der Waals surface area (Å²) in [6.45, 7) is 8.57. The topological polar surface area (TPSA) is 91.8 Å². The first-order valence-corrected chi connectivity index (χ1v) is 15.8. The molecular weight excluding hydrogens is 617 g/mol. The number of ketones is 1. The predicted molar refractivity (Wildman–Crippen MR) is 162 cm³/mol. The molecule has 2 aromatic heterocycles. The number of piperazine rings is 1. The zero-order chi connectivity index (χ0) is 31.4. The van der Waals surface area contributed by atoms with Crippen molar-refractivity contribution >= 4 is 40.5 Å². The van der Waals surface area contributed by atoms with Crippen LogP contribution in [-0.4, -0.2) is 88.4 Å². The Kier molecular flexibility index (Phi) is 10.2. The normalized spacial score (nSPS) is 18.1. The predicted octanol–water partition coefficient (Wildman–Crippen LogP) is 5.37. The summed E-state index contributed by atoms with van der Waals surface area (Å²) in [5, 5.41) is 0.459. The van der Waals surface area contributed by atoms with Crippen LogP contribution in [0.25, 0.3) is 11.3 Å². The van der Waals surface area contributed by atoms with Crippen molar-refractivity contribution in [2.75, 3.05) is 50.8 Å². The van der Waals surface area contributed by atoms with E-state index in [0.29, 0.717) is 61.9 Å². The molecule has 2 aliphatic rings. The number of hydrogen-bond donors (Lipinski definition) is 0. The minimum absolute atomic E-state index is 0.0308. The number of ether oxygens (including phenoxy) is 1. The van der Waals surface area contributed by atoms with Crippen molar-refractivity contribution in [2.24, 2.45) is 0 Å². The molecule has 14 heteroatoms. The molecule has 1 aromatic carbocycles. The van der Waals surface area contributed by atoms with Crippen LogP contribution in [0.15, 0.2) is 30.6 Å². The van der Waals surface area contributed by atoms with Crippen LogP contribution in [-0.2, 0) is 28.7 Å². The van der Waals surface area contributed by atoms with E-state index in [4.69, 9.17) is 16.3 Å². The largest absolute Gasteiger partial charge is 0.465 e. The lowest BCUT2D eigenvalue weighted by Gasteiger charge is -2.34. The first-order chi connectivity index (χ1) is 21.0. The van der Waals surface area contributed by atoms with Crippen molar-refractivity contribution in [1.82, 2.24) is 24.8 Å². The molecule has 44 heavy (non-hydrogen) atoms. The van der Waals surface area contributed by atoms with E-state index in [2.05, 4.69) is 26.8 Å². The van der Waals surface area contributed by atoms with Gasteiger partial charge in [0.25, 0.3) is 0 Å². The van der Waals surface area contributed by atoms with E-state index in [1.54, 1.807) is 13.1 Å². The van der Waals surface area contributed by atoms with Crippen LogP contribution in [0.3, 0.4) is 0 Å². The van der Waals surface area contributed by atoms with Gasteiger partial charge in [0.15, 0.2) is 5.78 Å². The van der Waals surface area contributed by atoms with Gasteiger partial charge in [0, 0.05) is 54.2 Å². The molecule has 3 aromatic rings. The van der Waals surface area contributed by atoms with Gasteiger partial charge in [0.1, 0.15) is 16.5 Å². The number of esters is 1. The van der Waals surface area contributed by atoms with Gasteiger partial charge < -0.3 is 9.64 Å². The molecule has 0 saturated carbocycles. The molecule has 0 spiro atoms. The molecule has 0 radical (unpaired) electrons. The van der Waals surface area contributed by atoms with E-state index in [0.717, 1.165) is 36.4 Å². The monoisotopic (exact) mass is 650 g/mol. The maximum absolute atomic E-state index is 13.6. The number of benzene rings is 1. The maximum Gasteiger partial charge on any atom is 0.416 e. The summed E-state index contributed by atoms with van der Waals surface area (Å²) >= 11 is 7.43. The highest BCUT2D eigenvalue weighted by Gasteiger charge is 2.32. The van der Waals surface area contributed by atoms with Crippen LogP contribution in [0.1, 0.15) is 52.6 Å². The van der Waals surface area contributed by atoms with Crippen molar-refractivity contribution in [3.05, 3.63) is 56.8 Å². The molecule has 0 bridgehead atoms. The fourth-order valence-electron chi connectivity index (χ4n) is 5.49. The number of alkyl halides is 3. The van der Waals surface area contributed by atoms with Crippen molar-refractivity contribution in [3.63, 3.8) is 0 Å². The van der Waals surface area contributed by atoms with Gasteiger partial charge in [0.05, 0.1) is 43.2 Å². The van der Waals surface area contributed by atoms with E-state index in [9.17, 15) is 22.8 Å². The van der Waals surface area contributed by atoms with E-state index in [1.165, 1.54) is 23.6 Å². The molecule has 236 valence electrons. The number of nitrogens with zero attached hydrogens (tertiary/aromatic N) is 6. The van der Waals surface area contributed by atoms with Crippen molar-refractivity contribution in [2.45, 2.75) is 51.9 Å². The van der Waals surface area contributed by atoms with Crippen LogP contribution in [0.5, 0.6) is 0 Å². The van der Waals surface area contributed by atoms with Crippen molar-refractivity contribution < 1.29 is 27.5 Å². The Balaban J connectivity index is 1.30. The lowest BCUT2D eigenvalue weighted by atomic mass is 10.1. The smallest absolute Gasteiger partial charge is 0.416 e. The van der Waals surface area contributed by atoms with E-state index in [-0.39, 0.29) is 41.0 Å². The molecule has 0 N–H and O–H groups in total. The molecule has 0 aliphatic carbocycles. The standard InChI is InChI=1S/C30H34ClF3N6O3S/c1-3-43-28(42)18-38-7-9-39(10-8-38)26-16-35-23(15-36-26)24(41)14-27-37-29(25(44-27)17-40-6-4-5-19(40)2)20-11-21(30(32,33)34)13-22(31)12-20/h11-13,15-16,19H,3-10,14,17-18H2,1-2H3/t19-/m1/s1. The fourth-order valence-corrected chi connectivity index (χ4v) is 6.84. The van der Waals surface area contributed by atoms with Crippen LogP contribution in [0, 0.1) is 0 Å². The number of hydrogen-bond acceptors (Lipinski definition) is 10. The third kappa shape index (κ3) is 7.92. The minimum Gasteiger partial charge on any atom is -0.465 e. The SMILES string of the molecule is CCOC(=O)CN1CCN(c2cnc(C(=O)Cc3nc(-c4cc(Cl)cc(C(F)(F)F)c4)c(CN4CCC[C@H]4C)s3)cn2)CC1.